The average Bonchev–Trinajstić information content (AvgIpc) is 3.21. The molecule has 4 aromatic rings. The van der Waals surface area contributed by atoms with Gasteiger partial charge in [-0.1, -0.05) is 24.3 Å². The first-order valence-corrected chi connectivity index (χ1v) is 8.38. The van der Waals surface area contributed by atoms with E-state index < -0.39 is 0 Å². The van der Waals surface area contributed by atoms with Crippen molar-refractivity contribution in [2.24, 2.45) is 0 Å². The lowest BCUT2D eigenvalue weighted by molar-refractivity contribution is 0.911. The minimum absolute atomic E-state index is 1.23. The molecule has 0 atom stereocenters. The van der Waals surface area contributed by atoms with Gasteiger partial charge in [-0.2, -0.15) is 0 Å². The average molecular weight is 289 g/mol. The molecule has 0 unspecified atom stereocenters. The SMILES string of the molecule is c1ccc2c(c1)c1sccc1n2-c1ccc2c(c1)CCC2. The number of hydrogen-bond donors (Lipinski definition) is 0. The molecule has 2 aromatic carbocycles. The van der Waals surface area contributed by atoms with E-state index in [0.29, 0.717) is 0 Å². The van der Waals surface area contributed by atoms with Crippen LogP contribution in [0.3, 0.4) is 0 Å². The fourth-order valence-electron chi connectivity index (χ4n) is 3.65. The Bertz CT molecular complexity index is 974. The molecule has 0 saturated carbocycles. The zero-order valence-corrected chi connectivity index (χ0v) is 12.5. The summed E-state index contributed by atoms with van der Waals surface area (Å²) in [6.45, 7) is 0. The van der Waals surface area contributed by atoms with E-state index in [4.69, 9.17) is 0 Å². The molecule has 0 amide bonds. The fraction of sp³-hybridized carbons (Fsp3) is 0.158. The maximum atomic E-state index is 2.42. The largest absolute Gasteiger partial charge is 0.308 e. The predicted octanol–water partition coefficient (Wildman–Crippen LogP) is 5.33. The molecule has 2 aromatic heterocycles. The molecule has 1 aliphatic carbocycles. The standard InChI is InChI=1S/C19H15NS/c1-2-7-17-16(6-1)19-18(10-11-21-19)20(17)15-9-8-13-4-3-5-14(13)12-15/h1-2,6-12H,3-5H2. The van der Waals surface area contributed by atoms with Crippen molar-refractivity contribution in [3.63, 3.8) is 0 Å². The molecular weight excluding hydrogens is 274 g/mol. The van der Waals surface area contributed by atoms with Gasteiger partial charge in [0.25, 0.3) is 0 Å². The van der Waals surface area contributed by atoms with Crippen molar-refractivity contribution in [1.29, 1.82) is 0 Å². The van der Waals surface area contributed by atoms with Crippen molar-refractivity contribution < 1.29 is 0 Å². The molecule has 2 heteroatoms. The number of fused-ring (bicyclic) bond motifs is 4. The van der Waals surface area contributed by atoms with Gasteiger partial charge in [0.05, 0.1) is 15.7 Å². The number of nitrogens with zero attached hydrogens (tertiary/aromatic N) is 1. The van der Waals surface area contributed by atoms with Crippen LogP contribution in [-0.2, 0) is 12.8 Å². The second kappa shape index (κ2) is 4.22. The second-order valence-electron chi connectivity index (χ2n) is 5.79. The Morgan fingerprint density at radius 1 is 0.857 bits per heavy atom. The van der Waals surface area contributed by atoms with Crippen molar-refractivity contribution in [3.05, 3.63) is 65.0 Å². The summed E-state index contributed by atoms with van der Waals surface area (Å²) in [6.07, 6.45) is 3.78. The summed E-state index contributed by atoms with van der Waals surface area (Å²) in [5.41, 5.74) is 7.03. The third-order valence-corrected chi connectivity index (χ3v) is 5.55. The summed E-state index contributed by atoms with van der Waals surface area (Å²) in [4.78, 5) is 0. The fourth-order valence-corrected chi connectivity index (χ4v) is 4.56. The Labute approximate surface area is 127 Å². The highest BCUT2D eigenvalue weighted by atomic mass is 32.1. The van der Waals surface area contributed by atoms with Crippen LogP contribution in [0.2, 0.25) is 0 Å². The maximum absolute atomic E-state index is 2.42. The first kappa shape index (κ1) is 11.6. The minimum Gasteiger partial charge on any atom is -0.308 e. The Balaban J connectivity index is 1.88. The molecule has 0 N–H and O–H groups in total. The molecule has 0 spiro atoms. The van der Waals surface area contributed by atoms with Gasteiger partial charge < -0.3 is 4.57 Å². The molecule has 0 radical (unpaired) electrons. The van der Waals surface area contributed by atoms with E-state index in [9.17, 15) is 0 Å². The van der Waals surface area contributed by atoms with Gasteiger partial charge in [-0.25, -0.2) is 0 Å². The number of aryl methyl sites for hydroxylation is 2. The molecule has 0 bridgehead atoms. The number of aromatic nitrogens is 1. The minimum atomic E-state index is 1.23. The van der Waals surface area contributed by atoms with Crippen molar-refractivity contribution >= 4 is 32.5 Å². The molecule has 0 fully saturated rings. The van der Waals surface area contributed by atoms with Crippen LogP contribution in [0, 0.1) is 0 Å². The van der Waals surface area contributed by atoms with E-state index in [2.05, 4.69) is 58.5 Å². The summed E-state index contributed by atoms with van der Waals surface area (Å²) in [5.74, 6) is 0. The lowest BCUT2D eigenvalue weighted by Gasteiger charge is -2.09. The smallest absolute Gasteiger partial charge is 0.0648 e. The van der Waals surface area contributed by atoms with E-state index in [-0.39, 0.29) is 0 Å². The first-order valence-electron chi connectivity index (χ1n) is 7.51. The molecule has 5 rings (SSSR count). The highest BCUT2D eigenvalue weighted by Crippen LogP contribution is 2.36. The number of para-hydroxylation sites is 1. The topological polar surface area (TPSA) is 4.93 Å². The molecule has 1 nitrogen and oxygen atoms in total. The van der Waals surface area contributed by atoms with Gasteiger partial charge in [0, 0.05) is 11.1 Å². The van der Waals surface area contributed by atoms with Crippen molar-refractivity contribution in [1.82, 2.24) is 4.57 Å². The van der Waals surface area contributed by atoms with Gasteiger partial charge in [0.2, 0.25) is 0 Å². The van der Waals surface area contributed by atoms with Crippen LogP contribution in [0.1, 0.15) is 17.5 Å². The Morgan fingerprint density at radius 2 is 1.76 bits per heavy atom. The summed E-state index contributed by atoms with van der Waals surface area (Å²) in [6, 6.07) is 18.0. The maximum Gasteiger partial charge on any atom is 0.0648 e. The lowest BCUT2D eigenvalue weighted by atomic mass is 10.1. The van der Waals surface area contributed by atoms with E-state index in [1.54, 1.807) is 0 Å². The highest BCUT2D eigenvalue weighted by Gasteiger charge is 2.15. The van der Waals surface area contributed by atoms with Crippen LogP contribution in [0.4, 0.5) is 0 Å². The van der Waals surface area contributed by atoms with Gasteiger partial charge in [0.1, 0.15) is 0 Å². The summed E-state index contributed by atoms with van der Waals surface area (Å²) >= 11 is 1.84. The Morgan fingerprint density at radius 3 is 2.76 bits per heavy atom. The van der Waals surface area contributed by atoms with Crippen LogP contribution in [0.25, 0.3) is 26.8 Å². The summed E-state index contributed by atoms with van der Waals surface area (Å²) < 4.78 is 3.81. The van der Waals surface area contributed by atoms with E-state index in [1.165, 1.54) is 57.2 Å². The Kier molecular flexibility index (Phi) is 2.33. The van der Waals surface area contributed by atoms with E-state index in [1.807, 2.05) is 11.3 Å². The van der Waals surface area contributed by atoms with Gasteiger partial charge in [-0.05, 0) is 60.0 Å². The van der Waals surface area contributed by atoms with Crippen LogP contribution >= 0.6 is 11.3 Å². The Hall–Kier alpha value is -2.06. The highest BCUT2D eigenvalue weighted by molar-refractivity contribution is 7.18. The van der Waals surface area contributed by atoms with Crippen LogP contribution < -0.4 is 0 Å². The zero-order valence-electron chi connectivity index (χ0n) is 11.7. The number of rotatable bonds is 1. The van der Waals surface area contributed by atoms with E-state index in [0.717, 1.165) is 0 Å². The van der Waals surface area contributed by atoms with E-state index >= 15 is 0 Å². The molecule has 21 heavy (non-hydrogen) atoms. The third-order valence-electron chi connectivity index (χ3n) is 4.62. The first-order chi connectivity index (χ1) is 10.4. The number of hydrogen-bond acceptors (Lipinski definition) is 1. The van der Waals surface area contributed by atoms with Crippen LogP contribution in [0.5, 0.6) is 0 Å². The second-order valence-corrected chi connectivity index (χ2v) is 6.71. The third kappa shape index (κ3) is 1.57. The predicted molar refractivity (Wildman–Crippen MR) is 90.7 cm³/mol. The van der Waals surface area contributed by atoms with Gasteiger partial charge >= 0.3 is 0 Å². The van der Waals surface area contributed by atoms with Crippen LogP contribution in [0.15, 0.2) is 53.9 Å². The van der Waals surface area contributed by atoms with Crippen molar-refractivity contribution in [2.45, 2.75) is 19.3 Å². The van der Waals surface area contributed by atoms with Crippen molar-refractivity contribution in [3.8, 4) is 5.69 Å². The van der Waals surface area contributed by atoms with Crippen LogP contribution in [-0.4, -0.2) is 4.57 Å². The number of thiophene rings is 1. The number of benzene rings is 2. The van der Waals surface area contributed by atoms with Gasteiger partial charge in [-0.15, -0.1) is 11.3 Å². The molecular formula is C19H15NS. The van der Waals surface area contributed by atoms with Crippen molar-refractivity contribution in [2.75, 3.05) is 0 Å². The molecule has 0 aliphatic heterocycles. The molecule has 102 valence electrons. The monoisotopic (exact) mass is 289 g/mol. The molecule has 1 aliphatic rings. The quantitative estimate of drug-likeness (QED) is 0.446. The summed E-state index contributed by atoms with van der Waals surface area (Å²) in [5, 5.41) is 3.56. The molecule has 0 saturated heterocycles. The zero-order chi connectivity index (χ0) is 13.8. The summed E-state index contributed by atoms with van der Waals surface area (Å²) in [7, 11) is 0. The van der Waals surface area contributed by atoms with Gasteiger partial charge in [-0.3, -0.25) is 0 Å². The lowest BCUT2D eigenvalue weighted by Crippen LogP contribution is -1.95. The normalized spacial score (nSPS) is 14.1. The van der Waals surface area contributed by atoms with Gasteiger partial charge in [0.15, 0.2) is 0 Å². The molecule has 2 heterocycles.